The summed E-state index contributed by atoms with van der Waals surface area (Å²) < 4.78 is 1.99. The normalized spacial score (nSPS) is 18.8. The Labute approximate surface area is 219 Å². The van der Waals surface area contributed by atoms with Crippen molar-refractivity contribution in [3.63, 3.8) is 0 Å². The van der Waals surface area contributed by atoms with Gasteiger partial charge in [-0.25, -0.2) is 15.0 Å². The first-order chi connectivity index (χ1) is 18.4. The molecular formula is C28H26N8O2. The number of imidazole rings is 1. The van der Waals surface area contributed by atoms with Crippen LogP contribution in [-0.2, 0) is 4.79 Å². The summed E-state index contributed by atoms with van der Waals surface area (Å²) in [6.45, 7) is 2.52. The largest absolute Gasteiger partial charge is 0.382 e. The topological polar surface area (TPSA) is 142 Å². The Morgan fingerprint density at radius 3 is 2.84 bits per heavy atom. The molecule has 0 bridgehead atoms. The van der Waals surface area contributed by atoms with Crippen LogP contribution in [0.15, 0.2) is 48.9 Å². The number of hydrogen-bond donors (Lipinski definition) is 2. The monoisotopic (exact) mass is 506 g/mol. The van der Waals surface area contributed by atoms with Crippen molar-refractivity contribution in [3.05, 3.63) is 71.4 Å². The number of nitrogens with zero attached hydrogens (tertiary/aromatic N) is 6. The van der Waals surface area contributed by atoms with Crippen LogP contribution in [0.3, 0.4) is 0 Å². The van der Waals surface area contributed by atoms with Crippen LogP contribution in [0.4, 0.5) is 11.6 Å². The zero-order chi connectivity index (χ0) is 26.4. The molecule has 0 unspecified atom stereocenters. The van der Waals surface area contributed by atoms with E-state index in [1.54, 1.807) is 18.3 Å². The van der Waals surface area contributed by atoms with Crippen molar-refractivity contribution in [1.82, 2.24) is 24.3 Å². The second kappa shape index (κ2) is 9.27. The third kappa shape index (κ3) is 4.02. The molecule has 10 heteroatoms. The van der Waals surface area contributed by atoms with Gasteiger partial charge in [0, 0.05) is 54.6 Å². The maximum absolute atomic E-state index is 13.0. The molecule has 2 aliphatic rings. The summed E-state index contributed by atoms with van der Waals surface area (Å²) in [5, 5.41) is 11.9. The average molecular weight is 507 g/mol. The van der Waals surface area contributed by atoms with Crippen LogP contribution in [0.1, 0.15) is 58.9 Å². The van der Waals surface area contributed by atoms with Gasteiger partial charge in [0.25, 0.3) is 5.91 Å². The van der Waals surface area contributed by atoms with E-state index < -0.39 is 0 Å². The molecular weight excluding hydrogens is 480 g/mol. The van der Waals surface area contributed by atoms with Crippen LogP contribution in [-0.4, -0.2) is 48.7 Å². The molecule has 3 aromatic heterocycles. The highest BCUT2D eigenvalue weighted by Gasteiger charge is 2.38. The minimum Gasteiger partial charge on any atom is -0.382 e. The van der Waals surface area contributed by atoms with Crippen LogP contribution in [0.2, 0.25) is 0 Å². The zero-order valence-electron chi connectivity index (χ0n) is 20.9. The first kappa shape index (κ1) is 23.6. The maximum atomic E-state index is 13.0. The Bertz CT molecular complexity index is 1640. The van der Waals surface area contributed by atoms with Crippen molar-refractivity contribution in [1.29, 1.82) is 5.26 Å². The molecule has 2 atom stereocenters. The van der Waals surface area contributed by atoms with Gasteiger partial charge in [-0.2, -0.15) is 5.26 Å². The zero-order valence-corrected chi connectivity index (χ0v) is 20.9. The van der Waals surface area contributed by atoms with Gasteiger partial charge in [0.05, 0.1) is 11.6 Å². The summed E-state index contributed by atoms with van der Waals surface area (Å²) in [7, 11) is 0. The number of aryl methyl sites for hydroxylation is 1. The highest BCUT2D eigenvalue weighted by molar-refractivity contribution is 6.05. The van der Waals surface area contributed by atoms with E-state index in [1.165, 1.54) is 12.3 Å². The molecule has 2 aliphatic heterocycles. The van der Waals surface area contributed by atoms with Crippen LogP contribution >= 0.6 is 0 Å². The van der Waals surface area contributed by atoms with Gasteiger partial charge in [0.1, 0.15) is 28.7 Å². The fraction of sp³-hybridized carbons (Fsp3) is 0.286. The number of carbonyl (C=O) groups is 2. The average Bonchev–Trinajstić information content (AvgIpc) is 3.50. The summed E-state index contributed by atoms with van der Waals surface area (Å²) >= 11 is 0. The second-order valence-corrected chi connectivity index (χ2v) is 9.89. The minimum absolute atomic E-state index is 0.0965. The van der Waals surface area contributed by atoms with E-state index in [0.29, 0.717) is 53.0 Å². The lowest BCUT2D eigenvalue weighted by atomic mass is 9.92. The number of nitriles is 1. The molecule has 4 aromatic rings. The maximum Gasteiger partial charge on any atom is 0.257 e. The van der Waals surface area contributed by atoms with E-state index in [9.17, 15) is 9.59 Å². The predicted octanol–water partition coefficient (Wildman–Crippen LogP) is 3.67. The number of nitrogen functional groups attached to an aromatic ring is 1. The number of benzene rings is 1. The Hall–Kier alpha value is -4.78. The van der Waals surface area contributed by atoms with Crippen molar-refractivity contribution in [2.75, 3.05) is 17.6 Å². The van der Waals surface area contributed by atoms with E-state index in [0.717, 1.165) is 36.2 Å². The number of fused-ring (bicyclic) bond motifs is 2. The number of carbonyl (C=O) groups excluding carboxylic acids is 2. The molecule has 190 valence electrons. The quantitative estimate of drug-likeness (QED) is 0.430. The molecule has 2 saturated heterocycles. The molecule has 0 radical (unpaired) electrons. The smallest absolute Gasteiger partial charge is 0.257 e. The lowest BCUT2D eigenvalue weighted by molar-refractivity contribution is -0.130. The predicted molar refractivity (Wildman–Crippen MR) is 141 cm³/mol. The molecule has 10 nitrogen and oxygen atoms in total. The van der Waals surface area contributed by atoms with E-state index in [1.807, 2.05) is 40.6 Å². The van der Waals surface area contributed by atoms with Gasteiger partial charge in [0.2, 0.25) is 5.91 Å². The third-order valence-electron chi connectivity index (χ3n) is 7.57. The summed E-state index contributed by atoms with van der Waals surface area (Å²) in [6, 6.07) is 11.0. The Kier molecular flexibility index (Phi) is 5.76. The SMILES string of the molecule is Cc1cc(-c2nc([C@@H]3CC[C@H]4CCC(=O)N4C3)n3ccnc(N)c23)ccc1C(=O)Nc1cc(C#N)ccn1. The van der Waals surface area contributed by atoms with Gasteiger partial charge in [-0.05, 0) is 56.0 Å². The number of amides is 2. The van der Waals surface area contributed by atoms with Crippen molar-refractivity contribution < 1.29 is 9.59 Å². The fourth-order valence-electron chi connectivity index (χ4n) is 5.67. The van der Waals surface area contributed by atoms with E-state index in [2.05, 4.69) is 15.3 Å². The standard InChI is InChI=1S/C28H26N8O2/c1-16-12-18(3-6-21(16)28(38)33-22-13-17(14-29)8-9-31-22)24-25-26(30)32-10-11-35(25)27(34-24)19-2-4-20-5-7-23(37)36(20)15-19/h3,6,8-13,19-20H,2,4-5,7,15H2,1H3,(H2,30,32)(H,31,33,38)/t19-,20+/m1/s1. The summed E-state index contributed by atoms with van der Waals surface area (Å²) in [6.07, 6.45) is 8.50. The number of aromatic nitrogens is 4. The minimum atomic E-state index is -0.319. The first-order valence-corrected chi connectivity index (χ1v) is 12.6. The molecule has 0 saturated carbocycles. The molecule has 0 spiro atoms. The van der Waals surface area contributed by atoms with Gasteiger partial charge in [-0.15, -0.1) is 0 Å². The summed E-state index contributed by atoms with van der Waals surface area (Å²) in [5.74, 6) is 1.55. The lowest BCUT2D eigenvalue weighted by Gasteiger charge is -2.34. The number of anilines is 2. The van der Waals surface area contributed by atoms with Crippen molar-refractivity contribution in [3.8, 4) is 17.3 Å². The third-order valence-corrected chi connectivity index (χ3v) is 7.57. The highest BCUT2D eigenvalue weighted by atomic mass is 16.2. The molecule has 5 heterocycles. The number of piperidine rings is 1. The molecule has 3 N–H and O–H groups in total. The second-order valence-electron chi connectivity index (χ2n) is 9.89. The number of pyridine rings is 1. The van der Waals surface area contributed by atoms with Crippen LogP contribution in [0, 0.1) is 18.3 Å². The fourth-order valence-corrected chi connectivity index (χ4v) is 5.67. The van der Waals surface area contributed by atoms with E-state index in [4.69, 9.17) is 16.0 Å². The molecule has 0 aliphatic carbocycles. The highest BCUT2D eigenvalue weighted by Crippen LogP contribution is 2.38. The van der Waals surface area contributed by atoms with Gasteiger partial charge in [-0.3, -0.25) is 14.0 Å². The van der Waals surface area contributed by atoms with Gasteiger partial charge in [-0.1, -0.05) is 6.07 Å². The van der Waals surface area contributed by atoms with Gasteiger partial charge in [0.15, 0.2) is 0 Å². The summed E-state index contributed by atoms with van der Waals surface area (Å²) in [4.78, 5) is 40.9. The number of hydrogen-bond acceptors (Lipinski definition) is 7. The van der Waals surface area contributed by atoms with E-state index in [-0.39, 0.29) is 17.7 Å². The Morgan fingerprint density at radius 2 is 2.03 bits per heavy atom. The molecule has 2 fully saturated rings. The van der Waals surface area contributed by atoms with Crippen LogP contribution in [0.5, 0.6) is 0 Å². The van der Waals surface area contributed by atoms with Crippen molar-refractivity contribution in [2.24, 2.45) is 0 Å². The lowest BCUT2D eigenvalue weighted by Crippen LogP contribution is -2.41. The first-order valence-electron chi connectivity index (χ1n) is 12.6. The van der Waals surface area contributed by atoms with Crippen molar-refractivity contribution in [2.45, 2.75) is 44.6 Å². The number of rotatable bonds is 4. The summed E-state index contributed by atoms with van der Waals surface area (Å²) in [5.41, 5.74) is 10.2. The van der Waals surface area contributed by atoms with Gasteiger partial charge >= 0.3 is 0 Å². The molecule has 2 amide bonds. The van der Waals surface area contributed by atoms with Crippen LogP contribution in [0.25, 0.3) is 16.8 Å². The molecule has 38 heavy (non-hydrogen) atoms. The number of nitrogens with one attached hydrogen (secondary N) is 1. The van der Waals surface area contributed by atoms with Crippen molar-refractivity contribution >= 4 is 29.0 Å². The molecule has 1 aromatic carbocycles. The van der Waals surface area contributed by atoms with Crippen LogP contribution < -0.4 is 11.1 Å². The Balaban J connectivity index is 1.34. The number of nitrogens with two attached hydrogens (primary N) is 1. The Morgan fingerprint density at radius 1 is 1.16 bits per heavy atom. The molecule has 6 rings (SSSR count). The van der Waals surface area contributed by atoms with Gasteiger partial charge < -0.3 is 16.0 Å². The van der Waals surface area contributed by atoms with E-state index >= 15 is 0 Å².